The second-order valence-corrected chi connectivity index (χ2v) is 7.69. The van der Waals surface area contributed by atoms with Crippen LogP contribution in [-0.2, 0) is 6.42 Å². The summed E-state index contributed by atoms with van der Waals surface area (Å²) in [5.41, 5.74) is 1.94. The van der Waals surface area contributed by atoms with Crippen LogP contribution in [0.5, 0.6) is 11.5 Å². The van der Waals surface area contributed by atoms with Gasteiger partial charge in [0.15, 0.2) is 11.5 Å². The summed E-state index contributed by atoms with van der Waals surface area (Å²) in [6.45, 7) is 4.10. The van der Waals surface area contributed by atoms with Crippen LogP contribution >= 0.6 is 0 Å². The van der Waals surface area contributed by atoms with Crippen LogP contribution in [0.4, 0.5) is 5.82 Å². The van der Waals surface area contributed by atoms with E-state index in [0.717, 1.165) is 43.9 Å². The number of hydrogen-bond donors (Lipinski definition) is 1. The molecule has 142 valence electrons. The summed E-state index contributed by atoms with van der Waals surface area (Å²) in [7, 11) is 1.81. The quantitative estimate of drug-likeness (QED) is 0.898. The number of amides is 1. The zero-order chi connectivity index (χ0) is 18.9. The van der Waals surface area contributed by atoms with Crippen LogP contribution in [0.2, 0.25) is 0 Å². The molecular formula is C21H25N3O3. The smallest absolute Gasteiger partial charge is 0.254 e. The van der Waals surface area contributed by atoms with E-state index in [1.165, 1.54) is 5.56 Å². The van der Waals surface area contributed by atoms with Gasteiger partial charge in [-0.15, -0.1) is 0 Å². The molecule has 1 aromatic heterocycles. The number of fused-ring (bicyclic) bond motifs is 1. The van der Waals surface area contributed by atoms with Gasteiger partial charge in [-0.25, -0.2) is 4.98 Å². The fraction of sp³-hybridized carbons (Fsp3) is 0.429. The van der Waals surface area contributed by atoms with Crippen LogP contribution in [0.1, 0.15) is 35.7 Å². The minimum absolute atomic E-state index is 0.0421. The Morgan fingerprint density at radius 1 is 1.26 bits per heavy atom. The van der Waals surface area contributed by atoms with E-state index in [-0.39, 0.29) is 11.3 Å². The number of carbonyl (C=O) groups excluding carboxylic acids is 1. The maximum Gasteiger partial charge on any atom is 0.254 e. The molecule has 6 nitrogen and oxygen atoms in total. The molecule has 1 atom stereocenters. The van der Waals surface area contributed by atoms with Crippen LogP contribution in [0.3, 0.4) is 0 Å². The lowest BCUT2D eigenvalue weighted by atomic mass is 9.76. The van der Waals surface area contributed by atoms with Gasteiger partial charge < -0.3 is 19.7 Å². The molecule has 3 heterocycles. The molecule has 1 unspecified atom stereocenters. The molecule has 1 amide bonds. The maximum atomic E-state index is 13.0. The summed E-state index contributed by atoms with van der Waals surface area (Å²) >= 11 is 0. The zero-order valence-electron chi connectivity index (χ0n) is 15.8. The molecule has 0 aliphatic carbocycles. The Balaban J connectivity index is 1.48. The number of rotatable bonds is 4. The third-order valence-electron chi connectivity index (χ3n) is 5.40. The number of nitrogens with one attached hydrogen (secondary N) is 1. The normalized spacial score (nSPS) is 21.2. The van der Waals surface area contributed by atoms with Gasteiger partial charge in [0.1, 0.15) is 5.82 Å². The molecule has 1 aromatic carbocycles. The lowest BCUT2D eigenvalue weighted by Gasteiger charge is -2.41. The van der Waals surface area contributed by atoms with Crippen molar-refractivity contribution in [2.45, 2.75) is 26.2 Å². The molecule has 0 spiro atoms. The van der Waals surface area contributed by atoms with Gasteiger partial charge in [0.25, 0.3) is 5.91 Å². The number of anilines is 1. The summed E-state index contributed by atoms with van der Waals surface area (Å²) in [4.78, 5) is 19.2. The first-order valence-corrected chi connectivity index (χ1v) is 9.38. The molecule has 0 bridgehead atoms. The van der Waals surface area contributed by atoms with Crippen LogP contribution in [0.15, 0.2) is 36.5 Å². The van der Waals surface area contributed by atoms with Crippen molar-refractivity contribution in [3.63, 3.8) is 0 Å². The van der Waals surface area contributed by atoms with E-state index in [0.29, 0.717) is 18.2 Å². The number of piperidine rings is 1. The largest absolute Gasteiger partial charge is 0.454 e. The molecule has 0 radical (unpaired) electrons. The highest BCUT2D eigenvalue weighted by molar-refractivity contribution is 5.94. The van der Waals surface area contributed by atoms with E-state index in [9.17, 15) is 4.79 Å². The van der Waals surface area contributed by atoms with Crippen molar-refractivity contribution in [2.24, 2.45) is 5.41 Å². The Bertz CT molecular complexity index is 854. The zero-order valence-corrected chi connectivity index (χ0v) is 15.8. The first kappa shape index (κ1) is 17.6. The minimum atomic E-state index is 0.0421. The Morgan fingerprint density at radius 3 is 2.96 bits per heavy atom. The highest BCUT2D eigenvalue weighted by atomic mass is 16.7. The standard InChI is InChI=1S/C21H25N3O3/c1-21(12-15-4-5-17-18(10-15)27-14-26-17)7-3-9-24(13-21)20(25)16-6-8-23-19(11-16)22-2/h4-6,8,10-11H,3,7,9,12-14H2,1-2H3,(H,22,23). The van der Waals surface area contributed by atoms with Gasteiger partial charge in [0.05, 0.1) is 0 Å². The number of carbonyl (C=O) groups is 1. The molecular weight excluding hydrogens is 342 g/mol. The molecule has 1 saturated heterocycles. The SMILES string of the molecule is CNc1cc(C(=O)N2CCCC(C)(Cc3ccc4c(c3)OCO4)C2)ccn1. The van der Waals surface area contributed by atoms with Gasteiger partial charge in [-0.2, -0.15) is 0 Å². The third kappa shape index (κ3) is 3.70. The Morgan fingerprint density at radius 2 is 2.11 bits per heavy atom. The fourth-order valence-corrected chi connectivity index (χ4v) is 4.06. The highest BCUT2D eigenvalue weighted by Crippen LogP contribution is 2.37. The van der Waals surface area contributed by atoms with E-state index < -0.39 is 0 Å². The summed E-state index contributed by atoms with van der Waals surface area (Å²) in [5.74, 6) is 2.41. The van der Waals surface area contributed by atoms with Crippen molar-refractivity contribution in [1.29, 1.82) is 0 Å². The lowest BCUT2D eigenvalue weighted by Crippen LogP contribution is -2.45. The van der Waals surface area contributed by atoms with Crippen LogP contribution in [-0.4, -0.2) is 42.7 Å². The molecule has 2 aromatic rings. The third-order valence-corrected chi connectivity index (χ3v) is 5.40. The van der Waals surface area contributed by atoms with Crippen molar-refractivity contribution >= 4 is 11.7 Å². The van der Waals surface area contributed by atoms with E-state index in [2.05, 4.69) is 29.4 Å². The number of benzene rings is 1. The molecule has 2 aliphatic rings. The number of likely N-dealkylation sites (tertiary alicyclic amines) is 1. The van der Waals surface area contributed by atoms with Gasteiger partial charge in [-0.1, -0.05) is 13.0 Å². The first-order valence-electron chi connectivity index (χ1n) is 9.38. The monoisotopic (exact) mass is 367 g/mol. The molecule has 2 aliphatic heterocycles. The molecule has 4 rings (SSSR count). The molecule has 1 fully saturated rings. The summed E-state index contributed by atoms with van der Waals surface area (Å²) in [6, 6.07) is 9.74. The summed E-state index contributed by atoms with van der Waals surface area (Å²) in [5, 5.41) is 2.99. The second kappa shape index (κ2) is 7.10. The average Bonchev–Trinajstić information content (AvgIpc) is 3.15. The van der Waals surface area contributed by atoms with Gasteiger partial charge in [-0.05, 0) is 54.5 Å². The minimum Gasteiger partial charge on any atom is -0.454 e. The number of ether oxygens (including phenoxy) is 2. The van der Waals surface area contributed by atoms with Crippen LogP contribution in [0.25, 0.3) is 0 Å². The Labute approximate surface area is 159 Å². The predicted molar refractivity (Wildman–Crippen MR) is 103 cm³/mol. The van der Waals surface area contributed by atoms with Crippen molar-refractivity contribution in [3.8, 4) is 11.5 Å². The predicted octanol–water partition coefficient (Wildman–Crippen LogP) is 3.34. The number of nitrogens with zero attached hydrogens (tertiary/aromatic N) is 2. The van der Waals surface area contributed by atoms with Crippen molar-refractivity contribution in [3.05, 3.63) is 47.7 Å². The molecule has 27 heavy (non-hydrogen) atoms. The van der Waals surface area contributed by atoms with E-state index >= 15 is 0 Å². The molecule has 0 saturated carbocycles. The number of aromatic nitrogens is 1. The van der Waals surface area contributed by atoms with Crippen LogP contribution < -0.4 is 14.8 Å². The lowest BCUT2D eigenvalue weighted by molar-refractivity contribution is 0.0550. The molecule has 1 N–H and O–H groups in total. The first-order chi connectivity index (χ1) is 13.1. The molecule has 6 heteroatoms. The van der Waals surface area contributed by atoms with E-state index in [1.54, 1.807) is 19.3 Å². The van der Waals surface area contributed by atoms with E-state index in [4.69, 9.17) is 9.47 Å². The van der Waals surface area contributed by atoms with Crippen LogP contribution in [0, 0.1) is 5.41 Å². The average molecular weight is 367 g/mol. The number of hydrogen-bond acceptors (Lipinski definition) is 5. The summed E-state index contributed by atoms with van der Waals surface area (Å²) in [6.07, 6.45) is 4.69. The highest BCUT2D eigenvalue weighted by Gasteiger charge is 2.34. The van der Waals surface area contributed by atoms with Crippen molar-refractivity contribution in [1.82, 2.24) is 9.88 Å². The Hall–Kier alpha value is -2.76. The van der Waals surface area contributed by atoms with Gasteiger partial charge in [0.2, 0.25) is 6.79 Å². The second-order valence-electron chi connectivity index (χ2n) is 7.69. The van der Waals surface area contributed by atoms with Crippen molar-refractivity contribution < 1.29 is 14.3 Å². The van der Waals surface area contributed by atoms with Gasteiger partial charge in [0, 0.05) is 31.9 Å². The fourth-order valence-electron chi connectivity index (χ4n) is 4.06. The van der Waals surface area contributed by atoms with Gasteiger partial charge >= 0.3 is 0 Å². The van der Waals surface area contributed by atoms with Gasteiger partial charge in [-0.3, -0.25) is 4.79 Å². The number of pyridine rings is 1. The topological polar surface area (TPSA) is 63.7 Å². The summed E-state index contributed by atoms with van der Waals surface area (Å²) < 4.78 is 10.9. The van der Waals surface area contributed by atoms with E-state index in [1.807, 2.05) is 17.0 Å². The van der Waals surface area contributed by atoms with Crippen molar-refractivity contribution in [2.75, 3.05) is 32.2 Å². The Kier molecular flexibility index (Phi) is 4.64. The maximum absolute atomic E-state index is 13.0.